The van der Waals surface area contributed by atoms with Gasteiger partial charge in [-0.25, -0.2) is 9.78 Å². The Kier molecular flexibility index (Phi) is 26.5. The molecule has 28 nitrogen and oxygen atoms in total. The van der Waals surface area contributed by atoms with Crippen LogP contribution in [0.4, 0.5) is 0 Å². The number of H-pyrrole nitrogens is 1. The lowest BCUT2D eigenvalue weighted by Gasteiger charge is -2.37. The SMILES string of the molecule is CC(C)C[C@H](NC(=O)[C@@H](CC(C)C)NC(=O)[C@H](Cc1ccc(O)cc1)NC(=O)[C@H](CO)NC(=O)[C@H](Cc1c[nH]c2ccccc12)NC(=O)[C@H](Cc1cn(C(c2ccccc2)(c2ccccc2)c2ccccc2)cn1)NC(=O)[C@@H]1CCC(=O)N1)C(=O)N[C@@H](CCCNC(=N)N)C(=O)N1CCC[C@H]1C(=O)O. The summed E-state index contributed by atoms with van der Waals surface area (Å²) in [6.07, 6.45) is 5.56. The highest BCUT2D eigenvalue weighted by Crippen LogP contribution is 2.41. The van der Waals surface area contributed by atoms with Crippen molar-refractivity contribution in [3.63, 3.8) is 0 Å². The molecule has 0 spiro atoms. The molecule has 2 aliphatic rings. The molecular formula is C76H93N15O13. The van der Waals surface area contributed by atoms with Gasteiger partial charge in [-0.05, 0) is 103 Å². The number of hydrogen-bond donors (Lipinski definition) is 15. The van der Waals surface area contributed by atoms with Gasteiger partial charge >= 0.3 is 5.97 Å². The van der Waals surface area contributed by atoms with Crippen molar-refractivity contribution in [1.82, 2.24) is 67.3 Å². The molecule has 0 unspecified atom stereocenters. The van der Waals surface area contributed by atoms with Gasteiger partial charge in [0.05, 0.1) is 18.6 Å². The Labute approximate surface area is 602 Å². The number of carbonyl (C=O) groups is 10. The number of rotatable bonds is 35. The van der Waals surface area contributed by atoms with Gasteiger partial charge in [0.15, 0.2) is 5.96 Å². The first-order valence-electron chi connectivity index (χ1n) is 35.1. The first-order valence-corrected chi connectivity index (χ1v) is 35.1. The Balaban J connectivity index is 0.974. The lowest BCUT2D eigenvalue weighted by Crippen LogP contribution is -2.61. The summed E-state index contributed by atoms with van der Waals surface area (Å²) in [6.45, 7) is 6.46. The van der Waals surface area contributed by atoms with Crippen LogP contribution in [0.3, 0.4) is 0 Å². The summed E-state index contributed by atoms with van der Waals surface area (Å²) in [4.78, 5) is 151. The van der Waals surface area contributed by atoms with E-state index < -0.39 is 120 Å². The number of aliphatic carboxylic acids is 1. The summed E-state index contributed by atoms with van der Waals surface area (Å²) >= 11 is 0. The average Bonchev–Trinajstić information content (AvgIpc) is 1.20. The summed E-state index contributed by atoms with van der Waals surface area (Å²) < 4.78 is 1.94. The van der Waals surface area contributed by atoms with Gasteiger partial charge in [-0.1, -0.05) is 149 Å². The highest BCUT2D eigenvalue weighted by atomic mass is 16.4. The van der Waals surface area contributed by atoms with E-state index in [-0.39, 0.29) is 107 Å². The van der Waals surface area contributed by atoms with E-state index in [0.717, 1.165) is 16.7 Å². The number of amides is 9. The molecule has 104 heavy (non-hydrogen) atoms. The largest absolute Gasteiger partial charge is 0.508 e. The van der Waals surface area contributed by atoms with Crippen molar-refractivity contribution in [3.05, 3.63) is 192 Å². The van der Waals surface area contributed by atoms with Crippen LogP contribution in [0.25, 0.3) is 10.9 Å². The van der Waals surface area contributed by atoms with Gasteiger partial charge in [-0.15, -0.1) is 0 Å². The van der Waals surface area contributed by atoms with E-state index in [1.807, 2.05) is 128 Å². The van der Waals surface area contributed by atoms with Crippen LogP contribution in [0.2, 0.25) is 0 Å². The van der Waals surface area contributed by atoms with Crippen molar-refractivity contribution >= 4 is 76.0 Å². The number of para-hydroxylation sites is 1. The van der Waals surface area contributed by atoms with Gasteiger partial charge < -0.3 is 83.4 Å². The molecule has 7 aromatic rings. The Morgan fingerprint density at radius 2 is 1.12 bits per heavy atom. The van der Waals surface area contributed by atoms with Gasteiger partial charge in [-0.3, -0.25) is 48.6 Å². The summed E-state index contributed by atoms with van der Waals surface area (Å²) in [5.41, 5.74) is 9.17. The zero-order valence-electron chi connectivity index (χ0n) is 58.6. The standard InChI is InChI=1S/C76H93N15O13/c1-45(2)36-58(67(96)83-57(26-16-34-79-75(77)78)73(102)91-35-17-27-64(91)74(103)104)84-68(97)59(37-46(3)4)85-69(98)60(38-47-28-30-53(93)31-29-47)86-72(101)63(43-92)89-70(99)61(39-48-41-80-55-25-15-14-24-54(48)55)87-71(100)62(88-66(95)56-32-33-65(94)82-56)40-52-42-90(44-81-52)76(49-18-8-5-9-19-49,50-20-10-6-11-21-50)51-22-12-7-13-23-51/h5-15,18-25,28-31,41-42,44-46,56-64,80,92-93H,16-17,26-27,32-40,43H2,1-4H3,(H,82,94)(H,83,96)(H,84,97)(H,85,98)(H,86,101)(H,87,100)(H,88,95)(H,89,99)(H,103,104)(H4,77,78,79)/t56-,57-,58-,59+,60-,61-,62-,63-,64-/m0/s1. The molecule has 9 amide bonds. The topological polar surface area (TPSA) is 426 Å². The molecule has 9 rings (SSSR count). The molecule has 2 saturated heterocycles. The predicted octanol–water partition coefficient (Wildman–Crippen LogP) is 3.03. The molecule has 28 heteroatoms. The van der Waals surface area contributed by atoms with Crippen LogP contribution in [-0.4, -0.2) is 174 Å². The van der Waals surface area contributed by atoms with Crippen molar-refractivity contribution in [3.8, 4) is 5.75 Å². The minimum absolute atomic E-state index is 0.00450. The maximum Gasteiger partial charge on any atom is 0.326 e. The van der Waals surface area contributed by atoms with Gasteiger partial charge in [0.2, 0.25) is 53.2 Å². The van der Waals surface area contributed by atoms with Crippen LogP contribution in [0.5, 0.6) is 5.75 Å². The number of carboxylic acid groups (broad SMARTS) is 1. The molecule has 2 aliphatic heterocycles. The molecule has 5 aromatic carbocycles. The third-order valence-corrected chi connectivity index (χ3v) is 18.6. The van der Waals surface area contributed by atoms with E-state index in [2.05, 4.69) is 52.8 Å². The Morgan fingerprint density at radius 1 is 0.625 bits per heavy atom. The number of fused-ring (bicyclic) bond motifs is 1. The molecule has 550 valence electrons. The smallest absolute Gasteiger partial charge is 0.326 e. The number of carbonyl (C=O) groups excluding carboxylic acids is 9. The van der Waals surface area contributed by atoms with E-state index in [0.29, 0.717) is 34.1 Å². The Morgan fingerprint density at radius 3 is 1.65 bits per heavy atom. The van der Waals surface area contributed by atoms with Crippen molar-refractivity contribution < 1.29 is 63.3 Å². The predicted molar refractivity (Wildman–Crippen MR) is 387 cm³/mol. The molecule has 0 bridgehead atoms. The lowest BCUT2D eigenvalue weighted by molar-refractivity contribution is -0.149. The zero-order valence-corrected chi connectivity index (χ0v) is 58.6. The highest BCUT2D eigenvalue weighted by Gasteiger charge is 2.42. The van der Waals surface area contributed by atoms with E-state index in [1.54, 1.807) is 38.6 Å². The fourth-order valence-corrected chi connectivity index (χ4v) is 13.5. The second-order valence-corrected chi connectivity index (χ2v) is 27.3. The molecule has 0 radical (unpaired) electrons. The number of phenols is 1. The number of hydrogen-bond acceptors (Lipinski definition) is 14. The number of aromatic amines is 1. The fraction of sp³-hybridized carbons (Fsp3) is 0.395. The first-order chi connectivity index (χ1) is 49.9. The quantitative estimate of drug-likeness (QED) is 0.0117. The van der Waals surface area contributed by atoms with Crippen LogP contribution in [0.15, 0.2) is 158 Å². The Bertz CT molecular complexity index is 4050. The normalized spacial score (nSPS) is 16.4. The van der Waals surface area contributed by atoms with Crippen LogP contribution < -0.4 is 53.6 Å². The minimum Gasteiger partial charge on any atom is -0.508 e. The van der Waals surface area contributed by atoms with Crippen molar-refractivity contribution in [2.24, 2.45) is 17.6 Å². The minimum atomic E-state index is -1.81. The number of nitrogens with zero attached hydrogens (tertiary/aromatic N) is 3. The molecule has 4 heterocycles. The number of imidazole rings is 1. The number of phenolic OH excluding ortho intramolecular Hbond substituents is 1. The van der Waals surface area contributed by atoms with E-state index in [1.165, 1.54) is 29.2 Å². The van der Waals surface area contributed by atoms with Gasteiger partial charge in [0, 0.05) is 62.1 Å². The number of aliphatic hydroxyl groups excluding tert-OH is 1. The van der Waals surface area contributed by atoms with E-state index in [9.17, 15) is 53.7 Å². The number of nitrogens with two attached hydrogens (primary N) is 1. The van der Waals surface area contributed by atoms with Crippen LogP contribution in [0.1, 0.15) is 113 Å². The zero-order chi connectivity index (χ0) is 74.6. The van der Waals surface area contributed by atoms with Gasteiger partial charge in [0.1, 0.15) is 65.7 Å². The second-order valence-electron chi connectivity index (χ2n) is 27.3. The van der Waals surface area contributed by atoms with Gasteiger partial charge in [-0.2, -0.15) is 0 Å². The number of benzene rings is 5. The number of aromatic hydroxyl groups is 1. The van der Waals surface area contributed by atoms with Crippen molar-refractivity contribution in [1.29, 1.82) is 5.41 Å². The van der Waals surface area contributed by atoms with Crippen LogP contribution >= 0.6 is 0 Å². The van der Waals surface area contributed by atoms with Crippen molar-refractivity contribution in [2.75, 3.05) is 19.7 Å². The lowest BCUT2D eigenvalue weighted by atomic mass is 9.77. The molecule has 16 N–H and O–H groups in total. The summed E-state index contributed by atoms with van der Waals surface area (Å²) in [5, 5.41) is 63.9. The third kappa shape index (κ3) is 19.8. The molecule has 9 atom stereocenters. The van der Waals surface area contributed by atoms with Crippen molar-refractivity contribution in [2.45, 2.75) is 158 Å². The van der Waals surface area contributed by atoms with Crippen LogP contribution in [0, 0.1) is 17.2 Å². The third-order valence-electron chi connectivity index (χ3n) is 18.6. The number of guanidine groups is 1. The summed E-state index contributed by atoms with van der Waals surface area (Å²) in [5.74, 6) is -9.12. The molecular weight excluding hydrogens is 1330 g/mol. The fourth-order valence-electron chi connectivity index (χ4n) is 13.5. The number of carboxylic acids is 1. The van der Waals surface area contributed by atoms with E-state index in [4.69, 9.17) is 16.1 Å². The maximum absolute atomic E-state index is 15.3. The second kappa shape index (κ2) is 35.9. The summed E-state index contributed by atoms with van der Waals surface area (Å²) in [6, 6.07) is 30.0. The Hall–Kier alpha value is -11.4. The molecule has 0 saturated carbocycles. The monoisotopic (exact) mass is 1420 g/mol. The maximum atomic E-state index is 15.3. The average molecular weight is 1420 g/mol. The number of nitrogens with one attached hydrogen (secondary N) is 11. The highest BCUT2D eigenvalue weighted by molar-refractivity contribution is 5.99. The number of aliphatic hydroxyl groups is 1. The molecule has 2 aromatic heterocycles. The molecule has 0 aliphatic carbocycles. The molecule has 2 fully saturated rings. The number of aromatic nitrogens is 3. The van der Waals surface area contributed by atoms with E-state index >= 15 is 9.59 Å². The first kappa shape index (κ1) is 76.8. The van der Waals surface area contributed by atoms with Crippen LogP contribution in [-0.2, 0) is 72.7 Å². The van der Waals surface area contributed by atoms with Gasteiger partial charge in [0.25, 0.3) is 0 Å². The summed E-state index contributed by atoms with van der Waals surface area (Å²) in [7, 11) is 0. The number of likely N-dealkylation sites (tertiary alicyclic amines) is 1.